The molecule has 23 heavy (non-hydrogen) atoms. The SMILES string of the molecule is [B]OC(=C(C#N)n1nc(C)c(C)c1C)c1c(C)nc(C)nc1C. The average molecular weight is 307 g/mol. The zero-order valence-electron chi connectivity index (χ0n) is 14.2. The molecule has 2 aromatic heterocycles. The van der Waals surface area contributed by atoms with Gasteiger partial charge in [0.1, 0.15) is 17.7 Å². The first-order valence-electron chi connectivity index (χ1n) is 7.18. The summed E-state index contributed by atoms with van der Waals surface area (Å²) >= 11 is 0. The summed E-state index contributed by atoms with van der Waals surface area (Å²) in [6, 6.07) is 2.14. The summed E-state index contributed by atoms with van der Waals surface area (Å²) in [6.45, 7) is 11.2. The number of nitriles is 1. The summed E-state index contributed by atoms with van der Waals surface area (Å²) in [5, 5.41) is 14.1. The van der Waals surface area contributed by atoms with Crippen LogP contribution < -0.4 is 0 Å². The second-order valence-corrected chi connectivity index (χ2v) is 5.43. The minimum Gasteiger partial charge on any atom is -0.565 e. The van der Waals surface area contributed by atoms with Gasteiger partial charge in [-0.15, -0.1) is 0 Å². The van der Waals surface area contributed by atoms with E-state index in [1.807, 2.05) is 41.5 Å². The minimum absolute atomic E-state index is 0.208. The van der Waals surface area contributed by atoms with Crippen molar-refractivity contribution in [1.82, 2.24) is 19.7 Å². The standard InChI is InChI=1S/C16H18BN5O/c1-8-9(2)21-22(12(8)5)14(7-18)16(23-17)15-10(3)19-13(6)20-11(15)4/h1-6H3. The predicted octanol–water partition coefficient (Wildman–Crippen LogP) is 2.47. The van der Waals surface area contributed by atoms with Crippen molar-refractivity contribution in [3.63, 3.8) is 0 Å². The van der Waals surface area contributed by atoms with E-state index in [0.717, 1.165) is 17.0 Å². The van der Waals surface area contributed by atoms with Crippen molar-refractivity contribution in [1.29, 1.82) is 5.26 Å². The van der Waals surface area contributed by atoms with Crippen LogP contribution in [0.5, 0.6) is 0 Å². The molecule has 7 heteroatoms. The Morgan fingerprint density at radius 3 is 2.00 bits per heavy atom. The van der Waals surface area contributed by atoms with Gasteiger partial charge in [0.2, 0.25) is 0 Å². The Balaban J connectivity index is 2.82. The first kappa shape index (κ1) is 16.8. The van der Waals surface area contributed by atoms with Gasteiger partial charge in [-0.25, -0.2) is 14.6 Å². The predicted molar refractivity (Wildman–Crippen MR) is 88.2 cm³/mol. The molecule has 2 heterocycles. The van der Waals surface area contributed by atoms with Gasteiger partial charge in [-0.2, -0.15) is 10.4 Å². The highest BCUT2D eigenvalue weighted by Gasteiger charge is 2.21. The number of hydrogen-bond acceptors (Lipinski definition) is 5. The number of rotatable bonds is 3. The van der Waals surface area contributed by atoms with Gasteiger partial charge in [0.25, 0.3) is 0 Å². The smallest absolute Gasteiger partial charge is 0.374 e. The van der Waals surface area contributed by atoms with E-state index < -0.39 is 0 Å². The van der Waals surface area contributed by atoms with Gasteiger partial charge in [0, 0.05) is 5.69 Å². The summed E-state index contributed by atoms with van der Waals surface area (Å²) in [5.74, 6) is 0.869. The normalized spacial score (nSPS) is 11.9. The molecule has 0 saturated heterocycles. The Bertz CT molecular complexity index is 822. The van der Waals surface area contributed by atoms with Crippen molar-refractivity contribution >= 4 is 19.5 Å². The molecule has 0 aliphatic rings. The minimum atomic E-state index is 0.208. The molecule has 0 unspecified atom stereocenters. The van der Waals surface area contributed by atoms with E-state index in [1.165, 1.54) is 0 Å². The Labute approximate surface area is 137 Å². The summed E-state index contributed by atoms with van der Waals surface area (Å²) in [5.41, 5.74) is 4.93. The third-order valence-electron chi connectivity index (χ3n) is 3.91. The Morgan fingerprint density at radius 2 is 1.61 bits per heavy atom. The van der Waals surface area contributed by atoms with Crippen LogP contribution in [0.25, 0.3) is 11.5 Å². The molecule has 2 radical (unpaired) electrons. The molecule has 0 bridgehead atoms. The van der Waals surface area contributed by atoms with Crippen LogP contribution in [0.3, 0.4) is 0 Å². The second-order valence-electron chi connectivity index (χ2n) is 5.43. The number of aryl methyl sites for hydroxylation is 4. The topological polar surface area (TPSA) is 76.6 Å². The highest BCUT2D eigenvalue weighted by atomic mass is 16.4. The van der Waals surface area contributed by atoms with E-state index in [0.29, 0.717) is 22.8 Å². The van der Waals surface area contributed by atoms with Crippen molar-refractivity contribution in [3.8, 4) is 6.07 Å². The Kier molecular flexibility index (Phi) is 4.55. The van der Waals surface area contributed by atoms with Crippen molar-refractivity contribution in [2.45, 2.75) is 41.5 Å². The van der Waals surface area contributed by atoms with Crippen molar-refractivity contribution in [3.05, 3.63) is 39.7 Å². The molecule has 0 aliphatic heterocycles. The third kappa shape index (κ3) is 2.84. The zero-order valence-corrected chi connectivity index (χ0v) is 14.2. The fourth-order valence-corrected chi connectivity index (χ4v) is 2.58. The van der Waals surface area contributed by atoms with Crippen LogP contribution >= 0.6 is 0 Å². The van der Waals surface area contributed by atoms with Gasteiger partial charge in [0.05, 0.1) is 22.6 Å². The van der Waals surface area contributed by atoms with Crippen LogP contribution in [0, 0.1) is 52.9 Å². The van der Waals surface area contributed by atoms with Crippen molar-refractivity contribution < 1.29 is 4.65 Å². The van der Waals surface area contributed by atoms with Gasteiger partial charge in [-0.05, 0) is 47.1 Å². The summed E-state index contributed by atoms with van der Waals surface area (Å²) in [4.78, 5) is 8.68. The Hall–Kier alpha value is -2.62. The van der Waals surface area contributed by atoms with Crippen molar-refractivity contribution in [2.24, 2.45) is 0 Å². The van der Waals surface area contributed by atoms with Gasteiger partial charge in [0.15, 0.2) is 5.70 Å². The number of aromatic nitrogens is 4. The lowest BCUT2D eigenvalue weighted by atomic mass is 10.1. The molecule has 2 rings (SSSR count). The van der Waals surface area contributed by atoms with Gasteiger partial charge < -0.3 is 4.65 Å². The number of allylic oxidation sites excluding steroid dienone is 1. The van der Waals surface area contributed by atoms with Gasteiger partial charge in [-0.1, -0.05) is 0 Å². The van der Waals surface area contributed by atoms with Crippen LogP contribution in [0.4, 0.5) is 0 Å². The lowest BCUT2D eigenvalue weighted by Gasteiger charge is -2.15. The maximum atomic E-state index is 9.66. The molecule has 0 saturated carbocycles. The van der Waals surface area contributed by atoms with Crippen LogP contribution in [0.15, 0.2) is 0 Å². The van der Waals surface area contributed by atoms with Crippen LogP contribution in [-0.4, -0.2) is 27.8 Å². The first-order chi connectivity index (χ1) is 10.8. The van der Waals surface area contributed by atoms with Gasteiger partial charge in [-0.3, -0.25) is 0 Å². The van der Waals surface area contributed by atoms with Crippen LogP contribution in [-0.2, 0) is 4.65 Å². The second kappa shape index (κ2) is 6.25. The molecule has 6 nitrogen and oxygen atoms in total. The molecule has 0 fully saturated rings. The van der Waals surface area contributed by atoms with E-state index in [2.05, 4.69) is 21.1 Å². The molecule has 0 aliphatic carbocycles. The van der Waals surface area contributed by atoms with E-state index in [-0.39, 0.29) is 11.5 Å². The van der Waals surface area contributed by atoms with Gasteiger partial charge >= 0.3 is 8.05 Å². The van der Waals surface area contributed by atoms with Crippen LogP contribution in [0.1, 0.15) is 39.7 Å². The largest absolute Gasteiger partial charge is 0.565 e. The van der Waals surface area contributed by atoms with E-state index >= 15 is 0 Å². The van der Waals surface area contributed by atoms with E-state index in [4.69, 9.17) is 12.7 Å². The molecule has 116 valence electrons. The number of hydrogen-bond donors (Lipinski definition) is 0. The quantitative estimate of drug-likeness (QED) is 0.494. The molecule has 0 atom stereocenters. The average Bonchev–Trinajstić information content (AvgIpc) is 2.73. The molecule has 0 spiro atoms. The number of nitrogens with zero attached hydrogens (tertiary/aromatic N) is 5. The molecular weight excluding hydrogens is 289 g/mol. The lowest BCUT2D eigenvalue weighted by Crippen LogP contribution is -2.09. The monoisotopic (exact) mass is 307 g/mol. The van der Waals surface area contributed by atoms with E-state index in [1.54, 1.807) is 4.68 Å². The lowest BCUT2D eigenvalue weighted by molar-refractivity contribution is 0.566. The molecule has 0 aromatic carbocycles. The molecular formula is C16H18BN5O. The van der Waals surface area contributed by atoms with E-state index in [9.17, 15) is 5.26 Å². The fraction of sp³-hybridized carbons (Fsp3) is 0.375. The highest BCUT2D eigenvalue weighted by molar-refractivity contribution is 6.05. The zero-order chi connectivity index (χ0) is 17.3. The fourth-order valence-electron chi connectivity index (χ4n) is 2.58. The summed E-state index contributed by atoms with van der Waals surface area (Å²) in [7, 11) is 5.48. The third-order valence-corrected chi connectivity index (χ3v) is 3.91. The highest BCUT2D eigenvalue weighted by Crippen LogP contribution is 2.28. The first-order valence-corrected chi connectivity index (χ1v) is 7.18. The molecule has 0 amide bonds. The Morgan fingerprint density at radius 1 is 1.04 bits per heavy atom. The summed E-state index contributed by atoms with van der Waals surface area (Å²) < 4.78 is 6.61. The maximum absolute atomic E-state index is 9.66. The van der Waals surface area contributed by atoms with Crippen molar-refractivity contribution in [2.75, 3.05) is 0 Å². The van der Waals surface area contributed by atoms with Crippen LogP contribution in [0.2, 0.25) is 0 Å². The summed E-state index contributed by atoms with van der Waals surface area (Å²) in [6.07, 6.45) is 0. The molecule has 2 aromatic rings. The maximum Gasteiger partial charge on any atom is 0.374 e. The molecule has 0 N–H and O–H groups in total.